The number of hydrogen-bond acceptors (Lipinski definition) is 4. The summed E-state index contributed by atoms with van der Waals surface area (Å²) in [6, 6.07) is 12.5. The summed E-state index contributed by atoms with van der Waals surface area (Å²) in [6.07, 6.45) is 0.962. The zero-order chi connectivity index (χ0) is 18.4. The van der Waals surface area contributed by atoms with Gasteiger partial charge in [-0.05, 0) is 43.0 Å². The molecule has 6 nitrogen and oxygen atoms in total. The first-order valence-corrected chi connectivity index (χ1v) is 8.16. The normalized spacial score (nSPS) is 11.6. The van der Waals surface area contributed by atoms with Crippen molar-refractivity contribution in [3.8, 4) is 5.75 Å². The molecule has 1 atom stereocenters. The quantitative estimate of drug-likeness (QED) is 0.614. The van der Waals surface area contributed by atoms with Crippen molar-refractivity contribution >= 4 is 11.6 Å². The van der Waals surface area contributed by atoms with Gasteiger partial charge in [-0.3, -0.25) is 14.9 Å². The highest BCUT2D eigenvalue weighted by Crippen LogP contribution is 2.27. The van der Waals surface area contributed by atoms with Crippen LogP contribution in [0.2, 0.25) is 0 Å². The van der Waals surface area contributed by atoms with Crippen molar-refractivity contribution in [3.63, 3.8) is 0 Å². The van der Waals surface area contributed by atoms with E-state index in [1.807, 2.05) is 31.2 Å². The third-order valence-corrected chi connectivity index (χ3v) is 3.94. The van der Waals surface area contributed by atoms with E-state index in [2.05, 4.69) is 12.2 Å². The fourth-order valence-corrected chi connectivity index (χ4v) is 2.44. The van der Waals surface area contributed by atoms with E-state index in [1.165, 1.54) is 17.7 Å². The van der Waals surface area contributed by atoms with E-state index in [4.69, 9.17) is 4.74 Å². The average molecular weight is 342 g/mol. The first kappa shape index (κ1) is 18.4. The topological polar surface area (TPSA) is 81.5 Å². The van der Waals surface area contributed by atoms with E-state index >= 15 is 0 Å². The minimum atomic E-state index is -0.516. The summed E-state index contributed by atoms with van der Waals surface area (Å²) in [4.78, 5) is 22.6. The van der Waals surface area contributed by atoms with Crippen molar-refractivity contribution in [3.05, 3.63) is 69.3 Å². The Labute approximate surface area is 147 Å². The number of nitrogens with one attached hydrogen (secondary N) is 1. The fourth-order valence-electron chi connectivity index (χ4n) is 2.44. The molecule has 2 aromatic rings. The molecule has 0 saturated heterocycles. The molecule has 0 aliphatic carbocycles. The molecule has 0 aromatic heterocycles. The molecular weight excluding hydrogens is 320 g/mol. The SMILES string of the molecule is CCc1ccc([C@H](C)NC(=O)COc2ccc(C)cc2[N+](=O)[O-])cc1. The molecule has 0 fully saturated rings. The van der Waals surface area contributed by atoms with E-state index in [0.29, 0.717) is 0 Å². The van der Waals surface area contributed by atoms with Crippen LogP contribution in [0.1, 0.15) is 36.6 Å². The first-order chi connectivity index (χ1) is 11.9. The Bertz CT molecular complexity index is 757. The number of carbonyl (C=O) groups excluding carboxylic acids is 1. The Morgan fingerprint density at radius 1 is 1.24 bits per heavy atom. The zero-order valence-electron chi connectivity index (χ0n) is 14.6. The molecule has 0 aliphatic rings. The van der Waals surface area contributed by atoms with Gasteiger partial charge in [0.25, 0.3) is 5.91 Å². The molecule has 132 valence electrons. The molecule has 0 radical (unpaired) electrons. The van der Waals surface area contributed by atoms with Gasteiger partial charge in [0.2, 0.25) is 0 Å². The zero-order valence-corrected chi connectivity index (χ0v) is 14.6. The van der Waals surface area contributed by atoms with Gasteiger partial charge in [0, 0.05) is 6.07 Å². The Morgan fingerprint density at radius 2 is 1.92 bits per heavy atom. The molecule has 25 heavy (non-hydrogen) atoms. The molecule has 0 aliphatic heterocycles. The van der Waals surface area contributed by atoms with E-state index in [9.17, 15) is 14.9 Å². The van der Waals surface area contributed by atoms with Gasteiger partial charge in [-0.2, -0.15) is 0 Å². The van der Waals surface area contributed by atoms with Crippen molar-refractivity contribution in [2.45, 2.75) is 33.2 Å². The van der Waals surface area contributed by atoms with E-state index in [-0.39, 0.29) is 30.0 Å². The second kappa shape index (κ2) is 8.28. The summed E-state index contributed by atoms with van der Waals surface area (Å²) >= 11 is 0. The number of nitrogens with zero attached hydrogens (tertiary/aromatic N) is 1. The Hall–Kier alpha value is -2.89. The number of amides is 1. The molecule has 1 amide bonds. The van der Waals surface area contributed by atoms with Crippen LogP contribution in [-0.4, -0.2) is 17.4 Å². The number of hydrogen-bond donors (Lipinski definition) is 1. The molecule has 0 spiro atoms. The Kier molecular flexibility index (Phi) is 6.11. The molecule has 0 saturated carbocycles. The second-order valence-electron chi connectivity index (χ2n) is 5.90. The van der Waals surface area contributed by atoms with Crippen LogP contribution in [-0.2, 0) is 11.2 Å². The van der Waals surface area contributed by atoms with Crippen molar-refractivity contribution in [2.75, 3.05) is 6.61 Å². The molecule has 1 N–H and O–H groups in total. The molecule has 0 unspecified atom stereocenters. The number of aryl methyl sites for hydroxylation is 2. The van der Waals surface area contributed by atoms with Gasteiger partial charge >= 0.3 is 5.69 Å². The molecule has 6 heteroatoms. The minimum Gasteiger partial charge on any atom is -0.477 e. The maximum atomic E-state index is 12.1. The van der Waals surface area contributed by atoms with Crippen LogP contribution in [0.15, 0.2) is 42.5 Å². The highest BCUT2D eigenvalue weighted by molar-refractivity contribution is 5.78. The van der Waals surface area contributed by atoms with Crippen molar-refractivity contribution in [1.82, 2.24) is 5.32 Å². The lowest BCUT2D eigenvalue weighted by Gasteiger charge is -2.15. The minimum absolute atomic E-state index is 0.0886. The summed E-state index contributed by atoms with van der Waals surface area (Å²) in [5.41, 5.74) is 2.84. The Balaban J connectivity index is 1.95. The van der Waals surface area contributed by atoms with E-state index in [1.54, 1.807) is 13.0 Å². The van der Waals surface area contributed by atoms with E-state index in [0.717, 1.165) is 17.5 Å². The lowest BCUT2D eigenvalue weighted by molar-refractivity contribution is -0.385. The van der Waals surface area contributed by atoms with Gasteiger partial charge < -0.3 is 10.1 Å². The summed E-state index contributed by atoms with van der Waals surface area (Å²) in [5, 5.41) is 13.9. The summed E-state index contributed by atoms with van der Waals surface area (Å²) in [5.74, 6) is -0.243. The number of ether oxygens (including phenoxy) is 1. The number of rotatable bonds is 7. The van der Waals surface area contributed by atoms with Gasteiger partial charge in [-0.25, -0.2) is 0 Å². The smallest absolute Gasteiger partial charge is 0.311 e. The van der Waals surface area contributed by atoms with Crippen molar-refractivity contribution < 1.29 is 14.5 Å². The summed E-state index contributed by atoms with van der Waals surface area (Å²) in [6.45, 7) is 5.45. The van der Waals surface area contributed by atoms with Crippen molar-refractivity contribution in [2.24, 2.45) is 0 Å². The number of nitro benzene ring substituents is 1. The van der Waals surface area contributed by atoms with Crippen LogP contribution >= 0.6 is 0 Å². The van der Waals surface area contributed by atoms with Crippen LogP contribution in [0, 0.1) is 17.0 Å². The highest BCUT2D eigenvalue weighted by atomic mass is 16.6. The lowest BCUT2D eigenvalue weighted by Crippen LogP contribution is -2.31. The fraction of sp³-hybridized carbons (Fsp3) is 0.316. The van der Waals surface area contributed by atoms with Gasteiger partial charge in [0.05, 0.1) is 11.0 Å². The maximum absolute atomic E-state index is 12.1. The van der Waals surface area contributed by atoms with Crippen LogP contribution in [0.25, 0.3) is 0 Å². The van der Waals surface area contributed by atoms with Gasteiger partial charge in [-0.15, -0.1) is 0 Å². The molecule has 2 aromatic carbocycles. The van der Waals surface area contributed by atoms with Gasteiger partial charge in [0.15, 0.2) is 12.4 Å². The first-order valence-electron chi connectivity index (χ1n) is 8.16. The van der Waals surface area contributed by atoms with Crippen LogP contribution in [0.3, 0.4) is 0 Å². The van der Waals surface area contributed by atoms with Crippen LogP contribution in [0.4, 0.5) is 5.69 Å². The molecule has 0 heterocycles. The predicted molar refractivity (Wildman–Crippen MR) is 95.7 cm³/mol. The molecule has 0 bridgehead atoms. The Morgan fingerprint density at radius 3 is 2.52 bits per heavy atom. The third kappa shape index (κ3) is 5.04. The monoisotopic (exact) mass is 342 g/mol. The molecular formula is C19H22N2O4. The lowest BCUT2D eigenvalue weighted by atomic mass is 10.1. The predicted octanol–water partition coefficient (Wildman–Crippen LogP) is 3.72. The van der Waals surface area contributed by atoms with E-state index < -0.39 is 4.92 Å². The largest absolute Gasteiger partial charge is 0.477 e. The summed E-state index contributed by atoms with van der Waals surface area (Å²) < 4.78 is 5.33. The van der Waals surface area contributed by atoms with Gasteiger partial charge in [0.1, 0.15) is 0 Å². The standard InChI is InChI=1S/C19H22N2O4/c1-4-15-6-8-16(9-7-15)14(3)20-19(22)12-25-18-10-5-13(2)11-17(18)21(23)24/h5-11,14H,4,12H2,1-3H3,(H,20,22)/t14-/m0/s1. The van der Waals surface area contributed by atoms with Crippen LogP contribution in [0.5, 0.6) is 5.75 Å². The van der Waals surface area contributed by atoms with Gasteiger partial charge in [-0.1, -0.05) is 37.3 Å². The van der Waals surface area contributed by atoms with Crippen molar-refractivity contribution in [1.29, 1.82) is 0 Å². The maximum Gasteiger partial charge on any atom is 0.311 e. The number of benzene rings is 2. The third-order valence-electron chi connectivity index (χ3n) is 3.94. The molecule has 2 rings (SSSR count). The summed E-state index contributed by atoms with van der Waals surface area (Å²) in [7, 11) is 0. The van der Waals surface area contributed by atoms with Crippen LogP contribution < -0.4 is 10.1 Å². The second-order valence-corrected chi connectivity index (χ2v) is 5.90. The highest BCUT2D eigenvalue weighted by Gasteiger charge is 2.17. The number of carbonyl (C=O) groups is 1. The number of nitro groups is 1. The average Bonchev–Trinajstić information content (AvgIpc) is 2.60.